The van der Waals surface area contributed by atoms with Crippen molar-refractivity contribution in [3.63, 3.8) is 0 Å². The SMILES string of the molecule is CCn1c(CN(C)C(=O)c2cccnc2)nc2ccccc21. The molecule has 0 aliphatic carbocycles. The zero-order valence-electron chi connectivity index (χ0n) is 12.7. The molecule has 0 N–H and O–H groups in total. The topological polar surface area (TPSA) is 51.0 Å². The summed E-state index contributed by atoms with van der Waals surface area (Å²) in [6, 6.07) is 11.6. The lowest BCUT2D eigenvalue weighted by molar-refractivity contribution is 0.0780. The van der Waals surface area contributed by atoms with Gasteiger partial charge in [0.25, 0.3) is 5.91 Å². The number of amides is 1. The predicted octanol–water partition coefficient (Wildman–Crippen LogP) is 2.72. The number of fused-ring (bicyclic) bond motifs is 1. The molecule has 0 aliphatic heterocycles. The molecule has 112 valence electrons. The largest absolute Gasteiger partial charge is 0.334 e. The monoisotopic (exact) mass is 294 g/mol. The smallest absolute Gasteiger partial charge is 0.255 e. The van der Waals surface area contributed by atoms with Gasteiger partial charge in [-0.2, -0.15) is 0 Å². The van der Waals surface area contributed by atoms with Crippen molar-refractivity contribution in [1.82, 2.24) is 19.4 Å². The Labute approximate surface area is 129 Å². The van der Waals surface area contributed by atoms with Crippen LogP contribution in [0.3, 0.4) is 0 Å². The van der Waals surface area contributed by atoms with E-state index in [2.05, 4.69) is 27.5 Å². The molecule has 1 aromatic carbocycles. The third kappa shape index (κ3) is 2.57. The molecular weight excluding hydrogens is 276 g/mol. The van der Waals surface area contributed by atoms with Crippen LogP contribution in [-0.4, -0.2) is 32.4 Å². The van der Waals surface area contributed by atoms with Gasteiger partial charge in [0.2, 0.25) is 0 Å². The van der Waals surface area contributed by atoms with Crippen molar-refractivity contribution < 1.29 is 4.79 Å². The van der Waals surface area contributed by atoms with Crippen LogP contribution in [0.15, 0.2) is 48.8 Å². The summed E-state index contributed by atoms with van der Waals surface area (Å²) in [6.45, 7) is 3.38. The highest BCUT2D eigenvalue weighted by atomic mass is 16.2. The van der Waals surface area contributed by atoms with Crippen LogP contribution in [0.2, 0.25) is 0 Å². The van der Waals surface area contributed by atoms with Gasteiger partial charge in [-0.1, -0.05) is 12.1 Å². The van der Waals surface area contributed by atoms with E-state index in [1.54, 1.807) is 36.5 Å². The van der Waals surface area contributed by atoms with Gasteiger partial charge in [-0.3, -0.25) is 9.78 Å². The van der Waals surface area contributed by atoms with Gasteiger partial charge in [-0.25, -0.2) is 4.98 Å². The van der Waals surface area contributed by atoms with Gasteiger partial charge >= 0.3 is 0 Å². The zero-order chi connectivity index (χ0) is 15.5. The van der Waals surface area contributed by atoms with Crippen molar-refractivity contribution in [2.75, 3.05) is 7.05 Å². The third-order valence-electron chi connectivity index (χ3n) is 3.68. The summed E-state index contributed by atoms with van der Waals surface area (Å²) in [4.78, 5) is 22.7. The van der Waals surface area contributed by atoms with Crippen LogP contribution in [-0.2, 0) is 13.1 Å². The number of para-hydroxylation sites is 2. The van der Waals surface area contributed by atoms with E-state index in [0.717, 1.165) is 23.4 Å². The summed E-state index contributed by atoms with van der Waals surface area (Å²) < 4.78 is 2.14. The Bertz CT molecular complexity index is 795. The molecule has 5 nitrogen and oxygen atoms in total. The van der Waals surface area contributed by atoms with E-state index in [1.807, 2.05) is 18.2 Å². The average Bonchev–Trinajstić information content (AvgIpc) is 2.91. The minimum absolute atomic E-state index is 0.0530. The molecule has 1 amide bonds. The molecule has 2 aromatic heterocycles. The molecule has 0 unspecified atom stereocenters. The number of nitrogens with zero attached hydrogens (tertiary/aromatic N) is 4. The molecule has 3 rings (SSSR count). The van der Waals surface area contributed by atoms with Gasteiger partial charge in [0.1, 0.15) is 5.82 Å². The number of hydrogen-bond donors (Lipinski definition) is 0. The van der Waals surface area contributed by atoms with E-state index in [1.165, 1.54) is 0 Å². The second-order valence-corrected chi connectivity index (χ2v) is 5.16. The van der Waals surface area contributed by atoms with Gasteiger partial charge in [0.15, 0.2) is 0 Å². The van der Waals surface area contributed by atoms with Crippen LogP contribution < -0.4 is 0 Å². The van der Waals surface area contributed by atoms with E-state index in [-0.39, 0.29) is 5.91 Å². The van der Waals surface area contributed by atoms with Crippen LogP contribution in [0.4, 0.5) is 0 Å². The molecule has 2 heterocycles. The Kier molecular flexibility index (Phi) is 3.87. The third-order valence-corrected chi connectivity index (χ3v) is 3.68. The number of aromatic nitrogens is 3. The van der Waals surface area contributed by atoms with E-state index in [0.29, 0.717) is 12.1 Å². The number of benzene rings is 1. The molecule has 0 saturated carbocycles. The zero-order valence-corrected chi connectivity index (χ0v) is 12.7. The Morgan fingerprint density at radius 3 is 2.77 bits per heavy atom. The second kappa shape index (κ2) is 5.97. The molecule has 0 fully saturated rings. The van der Waals surface area contributed by atoms with Crippen LogP contribution in [0.5, 0.6) is 0 Å². The summed E-state index contributed by atoms with van der Waals surface area (Å²) in [6.07, 6.45) is 3.24. The highest BCUT2D eigenvalue weighted by molar-refractivity contribution is 5.93. The van der Waals surface area contributed by atoms with Gasteiger partial charge in [0.05, 0.1) is 23.1 Å². The maximum atomic E-state index is 12.4. The molecule has 0 bridgehead atoms. The molecule has 5 heteroatoms. The summed E-state index contributed by atoms with van der Waals surface area (Å²) in [7, 11) is 1.79. The lowest BCUT2D eigenvalue weighted by Gasteiger charge is -2.17. The first-order chi connectivity index (χ1) is 10.7. The predicted molar refractivity (Wildman–Crippen MR) is 85.4 cm³/mol. The highest BCUT2D eigenvalue weighted by Gasteiger charge is 2.16. The van der Waals surface area contributed by atoms with Crippen molar-refractivity contribution >= 4 is 16.9 Å². The first kappa shape index (κ1) is 14.3. The first-order valence-electron chi connectivity index (χ1n) is 7.30. The summed E-state index contributed by atoms with van der Waals surface area (Å²) >= 11 is 0. The van der Waals surface area contributed by atoms with Gasteiger partial charge in [-0.05, 0) is 31.2 Å². The standard InChI is InChI=1S/C17H18N4O/c1-3-21-15-9-5-4-8-14(15)19-16(21)12-20(2)17(22)13-7-6-10-18-11-13/h4-11H,3,12H2,1-2H3. The Morgan fingerprint density at radius 2 is 2.05 bits per heavy atom. The van der Waals surface area contributed by atoms with Crippen LogP contribution in [0.1, 0.15) is 23.1 Å². The fourth-order valence-corrected chi connectivity index (χ4v) is 2.59. The summed E-state index contributed by atoms with van der Waals surface area (Å²) in [5.74, 6) is 0.839. The Morgan fingerprint density at radius 1 is 1.23 bits per heavy atom. The second-order valence-electron chi connectivity index (χ2n) is 5.16. The van der Waals surface area contributed by atoms with Crippen LogP contribution >= 0.6 is 0 Å². The van der Waals surface area contributed by atoms with E-state index in [9.17, 15) is 4.79 Å². The molecule has 0 atom stereocenters. The Balaban J connectivity index is 1.88. The minimum Gasteiger partial charge on any atom is -0.334 e. The van der Waals surface area contributed by atoms with E-state index >= 15 is 0 Å². The fourth-order valence-electron chi connectivity index (χ4n) is 2.59. The number of imidazole rings is 1. The Hall–Kier alpha value is -2.69. The lowest BCUT2D eigenvalue weighted by atomic mass is 10.2. The maximum absolute atomic E-state index is 12.4. The maximum Gasteiger partial charge on any atom is 0.255 e. The number of hydrogen-bond acceptors (Lipinski definition) is 3. The quantitative estimate of drug-likeness (QED) is 0.743. The van der Waals surface area contributed by atoms with Crippen molar-refractivity contribution in [1.29, 1.82) is 0 Å². The summed E-state index contributed by atoms with van der Waals surface area (Å²) in [5, 5.41) is 0. The molecule has 0 aliphatic rings. The van der Waals surface area contributed by atoms with Crippen molar-refractivity contribution in [3.05, 3.63) is 60.2 Å². The number of aryl methyl sites for hydroxylation is 1. The summed E-state index contributed by atoms with van der Waals surface area (Å²) in [5.41, 5.74) is 2.65. The molecule has 0 saturated heterocycles. The molecular formula is C17H18N4O. The van der Waals surface area contributed by atoms with Crippen molar-refractivity contribution in [2.24, 2.45) is 0 Å². The van der Waals surface area contributed by atoms with Crippen LogP contribution in [0.25, 0.3) is 11.0 Å². The minimum atomic E-state index is -0.0530. The van der Waals surface area contributed by atoms with Gasteiger partial charge in [0, 0.05) is 26.0 Å². The van der Waals surface area contributed by atoms with E-state index < -0.39 is 0 Å². The normalized spacial score (nSPS) is 10.8. The molecule has 22 heavy (non-hydrogen) atoms. The van der Waals surface area contributed by atoms with Crippen molar-refractivity contribution in [3.8, 4) is 0 Å². The van der Waals surface area contributed by atoms with Gasteiger partial charge < -0.3 is 9.47 Å². The number of carbonyl (C=O) groups excluding carboxylic acids is 1. The highest BCUT2D eigenvalue weighted by Crippen LogP contribution is 2.17. The molecule has 0 spiro atoms. The number of rotatable bonds is 4. The molecule has 0 radical (unpaired) electrons. The van der Waals surface area contributed by atoms with Crippen molar-refractivity contribution in [2.45, 2.75) is 20.0 Å². The lowest BCUT2D eigenvalue weighted by Crippen LogP contribution is -2.27. The van der Waals surface area contributed by atoms with Crippen LogP contribution in [0, 0.1) is 0 Å². The number of carbonyl (C=O) groups is 1. The first-order valence-corrected chi connectivity index (χ1v) is 7.30. The van der Waals surface area contributed by atoms with Gasteiger partial charge in [-0.15, -0.1) is 0 Å². The number of pyridine rings is 1. The molecule has 3 aromatic rings. The van der Waals surface area contributed by atoms with E-state index in [4.69, 9.17) is 0 Å². The average molecular weight is 294 g/mol. The fraction of sp³-hybridized carbons (Fsp3) is 0.235.